The third kappa shape index (κ3) is 2.92. The van der Waals surface area contributed by atoms with E-state index in [1.54, 1.807) is 6.07 Å². The van der Waals surface area contributed by atoms with Gasteiger partial charge in [0.2, 0.25) is 0 Å². The van der Waals surface area contributed by atoms with Crippen molar-refractivity contribution in [2.24, 2.45) is 24.8 Å². The second-order valence-corrected chi connectivity index (χ2v) is 7.83. The first-order valence-electron chi connectivity index (χ1n) is 9.59. The first-order valence-corrected chi connectivity index (χ1v) is 9.59. The van der Waals surface area contributed by atoms with Gasteiger partial charge in [0.25, 0.3) is 0 Å². The van der Waals surface area contributed by atoms with Crippen LogP contribution >= 0.6 is 0 Å². The number of hydrogen-bond acceptors (Lipinski definition) is 4. The summed E-state index contributed by atoms with van der Waals surface area (Å²) < 4.78 is 21.6. The van der Waals surface area contributed by atoms with Gasteiger partial charge in [0.05, 0.1) is 29.7 Å². The average Bonchev–Trinajstić information content (AvgIpc) is 3.01. The van der Waals surface area contributed by atoms with Gasteiger partial charge in [0.1, 0.15) is 23.5 Å². The molecular weight excluding hydrogens is 355 g/mol. The van der Waals surface area contributed by atoms with Gasteiger partial charge < -0.3 is 9.30 Å². The number of nitrogens with zero attached hydrogens (tertiary/aromatic N) is 4. The van der Waals surface area contributed by atoms with E-state index in [0.29, 0.717) is 30.1 Å². The van der Waals surface area contributed by atoms with Gasteiger partial charge in [-0.1, -0.05) is 12.1 Å². The number of para-hydroxylation sites is 2. The zero-order valence-electron chi connectivity index (χ0n) is 15.7. The van der Waals surface area contributed by atoms with Gasteiger partial charge in [-0.25, -0.2) is 9.37 Å². The van der Waals surface area contributed by atoms with Crippen LogP contribution in [0.3, 0.4) is 0 Å². The van der Waals surface area contributed by atoms with Crippen LogP contribution in [-0.2, 0) is 13.6 Å². The number of rotatable bonds is 5. The third-order valence-electron chi connectivity index (χ3n) is 6.20. The minimum atomic E-state index is -0.523. The highest BCUT2D eigenvalue weighted by Gasteiger charge is 2.55. The molecule has 0 bridgehead atoms. The molecule has 0 N–H and O–H groups in total. The molecule has 2 aromatic carbocycles. The number of imidazole rings is 1. The van der Waals surface area contributed by atoms with Crippen molar-refractivity contribution in [2.75, 3.05) is 19.7 Å². The van der Waals surface area contributed by atoms with Crippen molar-refractivity contribution in [1.82, 2.24) is 14.5 Å². The quantitative estimate of drug-likeness (QED) is 0.685. The van der Waals surface area contributed by atoms with Crippen molar-refractivity contribution in [2.45, 2.75) is 6.54 Å². The van der Waals surface area contributed by atoms with E-state index in [4.69, 9.17) is 15.0 Å². The number of likely N-dealkylation sites (tertiary alicyclic amines) is 1. The average molecular weight is 376 g/mol. The van der Waals surface area contributed by atoms with Crippen molar-refractivity contribution < 1.29 is 9.13 Å². The van der Waals surface area contributed by atoms with Crippen molar-refractivity contribution >= 4 is 11.0 Å². The summed E-state index contributed by atoms with van der Waals surface area (Å²) in [6.07, 6.45) is 0. The minimum absolute atomic E-state index is 0.0493. The fraction of sp³-hybridized carbons (Fsp3) is 0.364. The molecule has 5 nitrogen and oxygen atoms in total. The molecule has 0 amide bonds. The van der Waals surface area contributed by atoms with Gasteiger partial charge in [-0.3, -0.25) is 4.90 Å². The molecule has 6 heteroatoms. The van der Waals surface area contributed by atoms with Crippen LogP contribution in [-0.4, -0.2) is 34.1 Å². The van der Waals surface area contributed by atoms with Gasteiger partial charge in [0.15, 0.2) is 0 Å². The van der Waals surface area contributed by atoms with E-state index >= 15 is 0 Å². The molecule has 2 fully saturated rings. The summed E-state index contributed by atoms with van der Waals surface area (Å²) in [5, 5.41) is 8.79. The van der Waals surface area contributed by atoms with Gasteiger partial charge in [-0.15, -0.1) is 0 Å². The summed E-state index contributed by atoms with van der Waals surface area (Å²) in [5.41, 5.74) is 2.27. The van der Waals surface area contributed by atoms with Crippen molar-refractivity contribution in [1.29, 1.82) is 5.26 Å². The Hall–Kier alpha value is -2.91. The van der Waals surface area contributed by atoms with Gasteiger partial charge in [-0.2, -0.15) is 5.26 Å². The fourth-order valence-electron chi connectivity index (χ4n) is 4.52. The largest absolute Gasteiger partial charge is 0.493 e. The maximum Gasteiger partial charge on any atom is 0.144 e. The number of fused-ring (bicyclic) bond motifs is 2. The summed E-state index contributed by atoms with van der Waals surface area (Å²) in [6, 6.07) is 14.5. The Labute approximate surface area is 163 Å². The van der Waals surface area contributed by atoms with E-state index in [1.165, 1.54) is 17.6 Å². The molecule has 1 unspecified atom stereocenters. The summed E-state index contributed by atoms with van der Waals surface area (Å²) >= 11 is 0. The molecule has 1 saturated heterocycles. The summed E-state index contributed by atoms with van der Waals surface area (Å²) in [7, 11) is 2.08. The first kappa shape index (κ1) is 17.2. The monoisotopic (exact) mass is 376 g/mol. The van der Waals surface area contributed by atoms with E-state index in [0.717, 1.165) is 31.0 Å². The Morgan fingerprint density at radius 3 is 2.71 bits per heavy atom. The SMILES string of the molecule is Cn1c(CN2C[C@@H]3C(COc4ccc(C#N)c(F)c4)[C@@H]3C2)nc2ccccc21. The maximum atomic E-state index is 13.7. The number of aryl methyl sites for hydroxylation is 1. The van der Waals surface area contributed by atoms with Crippen LogP contribution in [0.2, 0.25) is 0 Å². The van der Waals surface area contributed by atoms with Crippen LogP contribution in [0.4, 0.5) is 4.39 Å². The highest BCUT2D eigenvalue weighted by molar-refractivity contribution is 5.75. The first-order chi connectivity index (χ1) is 13.6. The number of ether oxygens (including phenoxy) is 1. The fourth-order valence-corrected chi connectivity index (χ4v) is 4.52. The lowest BCUT2D eigenvalue weighted by Crippen LogP contribution is -2.26. The normalized spacial score (nSPS) is 23.5. The smallest absolute Gasteiger partial charge is 0.144 e. The number of aromatic nitrogens is 2. The van der Waals surface area contributed by atoms with Crippen LogP contribution in [0.25, 0.3) is 11.0 Å². The Bertz CT molecular complexity index is 1070. The Morgan fingerprint density at radius 1 is 1.21 bits per heavy atom. The maximum absolute atomic E-state index is 13.7. The molecule has 0 radical (unpaired) electrons. The van der Waals surface area contributed by atoms with E-state index in [2.05, 4.69) is 28.6 Å². The van der Waals surface area contributed by atoms with Crippen molar-refractivity contribution in [3.63, 3.8) is 0 Å². The highest BCUT2D eigenvalue weighted by atomic mass is 19.1. The highest BCUT2D eigenvalue weighted by Crippen LogP contribution is 2.52. The minimum Gasteiger partial charge on any atom is -0.493 e. The molecular formula is C22H21FN4O. The molecule has 1 saturated carbocycles. The molecule has 2 heterocycles. The second kappa shape index (κ2) is 6.61. The van der Waals surface area contributed by atoms with E-state index in [9.17, 15) is 4.39 Å². The van der Waals surface area contributed by atoms with E-state index in [-0.39, 0.29) is 5.56 Å². The van der Waals surface area contributed by atoms with E-state index in [1.807, 2.05) is 18.2 Å². The Morgan fingerprint density at radius 2 is 2.00 bits per heavy atom. The van der Waals surface area contributed by atoms with Gasteiger partial charge in [0, 0.05) is 32.1 Å². The van der Waals surface area contributed by atoms with Crippen LogP contribution in [0.15, 0.2) is 42.5 Å². The molecule has 1 aliphatic carbocycles. The summed E-state index contributed by atoms with van der Waals surface area (Å²) in [5.74, 6) is 2.91. The summed E-state index contributed by atoms with van der Waals surface area (Å²) in [4.78, 5) is 7.24. The molecule has 142 valence electrons. The number of benzene rings is 2. The lowest BCUT2D eigenvalue weighted by molar-refractivity contribution is 0.226. The predicted molar refractivity (Wildman–Crippen MR) is 103 cm³/mol. The van der Waals surface area contributed by atoms with Gasteiger partial charge >= 0.3 is 0 Å². The topological polar surface area (TPSA) is 54.1 Å². The Kier molecular flexibility index (Phi) is 4.06. The number of piperidine rings is 1. The zero-order valence-corrected chi connectivity index (χ0v) is 15.7. The molecule has 5 rings (SSSR count). The predicted octanol–water partition coefficient (Wildman–Crippen LogP) is 3.34. The molecule has 1 aliphatic heterocycles. The number of hydrogen-bond donors (Lipinski definition) is 0. The molecule has 28 heavy (non-hydrogen) atoms. The standard InChI is InChI=1S/C22H21FN4O/c1-26-21-5-3-2-4-20(21)25-22(26)12-27-10-16-17(11-27)18(16)13-28-15-7-6-14(9-24)19(23)8-15/h2-8,16-18H,10-13H2,1H3/t16-,17+,18?. The Balaban J connectivity index is 1.16. The summed E-state index contributed by atoms with van der Waals surface area (Å²) in [6.45, 7) is 3.60. The lowest BCUT2D eigenvalue weighted by Gasteiger charge is -2.19. The van der Waals surface area contributed by atoms with Crippen LogP contribution in [0.1, 0.15) is 11.4 Å². The third-order valence-corrected chi connectivity index (χ3v) is 6.20. The zero-order chi connectivity index (χ0) is 19.3. The second-order valence-electron chi connectivity index (χ2n) is 7.83. The molecule has 3 atom stereocenters. The van der Waals surface area contributed by atoms with Crippen LogP contribution in [0.5, 0.6) is 5.75 Å². The van der Waals surface area contributed by atoms with Crippen LogP contribution < -0.4 is 4.74 Å². The van der Waals surface area contributed by atoms with E-state index < -0.39 is 5.82 Å². The number of nitriles is 1. The lowest BCUT2D eigenvalue weighted by atomic mass is 10.2. The molecule has 0 spiro atoms. The molecule has 1 aromatic heterocycles. The van der Waals surface area contributed by atoms with Crippen molar-refractivity contribution in [3.05, 3.63) is 59.7 Å². The van der Waals surface area contributed by atoms with Crippen molar-refractivity contribution in [3.8, 4) is 11.8 Å². The van der Waals surface area contributed by atoms with Gasteiger partial charge in [-0.05, 0) is 36.1 Å². The van der Waals surface area contributed by atoms with Crippen LogP contribution in [0, 0.1) is 34.9 Å². The molecule has 2 aliphatic rings. The molecule has 3 aromatic rings. The number of halogens is 1.